The number of carbonyl (C=O) groups is 2. The van der Waals surface area contributed by atoms with Gasteiger partial charge in [-0.15, -0.1) is 0 Å². The molecule has 2 rings (SSSR count). The number of benzene rings is 1. The number of carbonyl (C=O) groups excluding carboxylic acids is 1. The largest absolute Gasteiger partial charge is 0.481 e. The molecule has 0 saturated carbocycles. The first-order valence-corrected chi connectivity index (χ1v) is 8.20. The fourth-order valence-electron chi connectivity index (χ4n) is 2.95. The summed E-state index contributed by atoms with van der Waals surface area (Å²) in [4.78, 5) is 25.4. The van der Waals surface area contributed by atoms with Gasteiger partial charge in [-0.05, 0) is 26.3 Å². The van der Waals surface area contributed by atoms with E-state index in [-0.39, 0.29) is 5.92 Å². The minimum absolute atomic E-state index is 0.126. The van der Waals surface area contributed by atoms with Gasteiger partial charge in [0.05, 0.1) is 5.92 Å². The minimum atomic E-state index is -0.818. The monoisotopic (exact) mass is 334 g/mol. The van der Waals surface area contributed by atoms with E-state index in [0.717, 1.165) is 5.56 Å². The Kier molecular flexibility index (Phi) is 5.83. The van der Waals surface area contributed by atoms with Crippen LogP contribution in [0.4, 0.5) is 4.79 Å². The normalized spacial score (nSPS) is 21.5. The molecular formula is C18H26N2O4. The molecular weight excluding hydrogens is 308 g/mol. The van der Waals surface area contributed by atoms with Gasteiger partial charge < -0.3 is 15.2 Å². The number of ether oxygens (including phenoxy) is 1. The Labute approximate surface area is 142 Å². The van der Waals surface area contributed by atoms with Crippen LogP contribution in [0.5, 0.6) is 0 Å². The first kappa shape index (κ1) is 18.3. The second kappa shape index (κ2) is 7.66. The molecule has 1 aromatic rings. The molecule has 0 bridgehead atoms. The highest BCUT2D eigenvalue weighted by Gasteiger charge is 2.37. The Morgan fingerprint density at radius 1 is 1.25 bits per heavy atom. The SMILES string of the molecule is CC(C)(C)OC(=O)NC[C@@H]1CN(Cc2ccccc2)C[C@H]1C(=O)O. The lowest BCUT2D eigenvalue weighted by molar-refractivity contribution is -0.142. The fraction of sp³-hybridized carbons (Fsp3) is 0.556. The van der Waals surface area contributed by atoms with Gasteiger partial charge in [0.2, 0.25) is 0 Å². The molecule has 132 valence electrons. The zero-order chi connectivity index (χ0) is 17.7. The van der Waals surface area contributed by atoms with Crippen molar-refractivity contribution >= 4 is 12.1 Å². The predicted octanol–water partition coefficient (Wildman–Crippen LogP) is 2.34. The number of carboxylic acid groups (broad SMARTS) is 1. The summed E-state index contributed by atoms with van der Waals surface area (Å²) in [6, 6.07) is 9.97. The van der Waals surface area contributed by atoms with Crippen LogP contribution in [0.3, 0.4) is 0 Å². The second-order valence-corrected chi connectivity index (χ2v) is 7.27. The maximum Gasteiger partial charge on any atom is 0.407 e. The number of hydrogen-bond acceptors (Lipinski definition) is 4. The molecule has 1 aliphatic rings. The lowest BCUT2D eigenvalue weighted by Crippen LogP contribution is -2.38. The van der Waals surface area contributed by atoms with E-state index in [1.165, 1.54) is 0 Å². The summed E-state index contributed by atoms with van der Waals surface area (Å²) in [5.74, 6) is -1.43. The van der Waals surface area contributed by atoms with E-state index in [0.29, 0.717) is 26.2 Å². The molecule has 0 spiro atoms. The molecule has 24 heavy (non-hydrogen) atoms. The summed E-state index contributed by atoms with van der Waals surface area (Å²) in [5, 5.41) is 12.1. The number of hydrogen-bond donors (Lipinski definition) is 2. The summed E-state index contributed by atoms with van der Waals surface area (Å²) in [6.45, 7) is 7.54. The van der Waals surface area contributed by atoms with Gasteiger partial charge in [-0.3, -0.25) is 9.69 Å². The topological polar surface area (TPSA) is 78.9 Å². The molecule has 0 unspecified atom stereocenters. The third-order valence-electron chi connectivity index (χ3n) is 3.99. The third-order valence-corrected chi connectivity index (χ3v) is 3.99. The van der Waals surface area contributed by atoms with Crippen molar-refractivity contribution in [2.45, 2.75) is 32.9 Å². The van der Waals surface area contributed by atoms with Crippen LogP contribution in [0.1, 0.15) is 26.3 Å². The standard InChI is InChI=1S/C18H26N2O4/c1-18(2,3)24-17(23)19-9-14-11-20(12-15(14)16(21)22)10-13-7-5-4-6-8-13/h4-8,14-15H,9-12H2,1-3H3,(H,19,23)(H,21,22)/t14-,15-/m1/s1. The summed E-state index contributed by atoms with van der Waals surface area (Å²) in [7, 11) is 0. The Balaban J connectivity index is 1.90. The number of aliphatic carboxylic acids is 1. The van der Waals surface area contributed by atoms with Crippen molar-refractivity contribution in [1.82, 2.24) is 10.2 Å². The minimum Gasteiger partial charge on any atom is -0.481 e. The molecule has 1 aliphatic heterocycles. The summed E-state index contributed by atoms with van der Waals surface area (Å²) >= 11 is 0. The highest BCUT2D eigenvalue weighted by molar-refractivity contribution is 5.71. The number of nitrogens with one attached hydrogen (secondary N) is 1. The van der Waals surface area contributed by atoms with E-state index >= 15 is 0 Å². The van der Waals surface area contributed by atoms with Gasteiger partial charge in [0.1, 0.15) is 5.60 Å². The van der Waals surface area contributed by atoms with Crippen molar-refractivity contribution < 1.29 is 19.4 Å². The molecule has 1 amide bonds. The van der Waals surface area contributed by atoms with Crippen LogP contribution in [-0.4, -0.2) is 47.3 Å². The van der Waals surface area contributed by atoms with Crippen LogP contribution in [0, 0.1) is 11.8 Å². The molecule has 0 aliphatic carbocycles. The summed E-state index contributed by atoms with van der Waals surface area (Å²) in [5.41, 5.74) is 0.591. The number of alkyl carbamates (subject to hydrolysis) is 1. The van der Waals surface area contributed by atoms with Crippen LogP contribution < -0.4 is 5.32 Å². The maximum atomic E-state index is 11.8. The maximum absolute atomic E-state index is 11.8. The van der Waals surface area contributed by atoms with Gasteiger partial charge in [0.25, 0.3) is 0 Å². The number of amides is 1. The summed E-state index contributed by atoms with van der Waals surface area (Å²) in [6.07, 6.45) is -0.506. The Hall–Kier alpha value is -2.08. The third kappa shape index (κ3) is 5.53. The Bertz CT molecular complexity index is 568. The average molecular weight is 334 g/mol. The quantitative estimate of drug-likeness (QED) is 0.864. The van der Waals surface area contributed by atoms with Crippen molar-refractivity contribution in [3.05, 3.63) is 35.9 Å². The highest BCUT2D eigenvalue weighted by Crippen LogP contribution is 2.25. The van der Waals surface area contributed by atoms with E-state index in [9.17, 15) is 14.7 Å². The van der Waals surface area contributed by atoms with Gasteiger partial charge in [-0.2, -0.15) is 0 Å². The average Bonchev–Trinajstić information content (AvgIpc) is 2.87. The molecule has 0 aromatic heterocycles. The number of likely N-dealkylation sites (tertiary alicyclic amines) is 1. The zero-order valence-corrected chi connectivity index (χ0v) is 14.5. The highest BCUT2D eigenvalue weighted by atomic mass is 16.6. The van der Waals surface area contributed by atoms with Crippen molar-refractivity contribution in [2.75, 3.05) is 19.6 Å². The second-order valence-electron chi connectivity index (χ2n) is 7.27. The van der Waals surface area contributed by atoms with E-state index in [1.54, 1.807) is 20.8 Å². The zero-order valence-electron chi connectivity index (χ0n) is 14.5. The molecule has 2 N–H and O–H groups in total. The van der Waals surface area contributed by atoms with E-state index in [4.69, 9.17) is 4.74 Å². The Morgan fingerprint density at radius 2 is 1.92 bits per heavy atom. The number of carboxylic acids is 1. The summed E-state index contributed by atoms with van der Waals surface area (Å²) < 4.78 is 5.20. The molecule has 2 atom stereocenters. The van der Waals surface area contributed by atoms with E-state index < -0.39 is 23.6 Å². The smallest absolute Gasteiger partial charge is 0.407 e. The molecule has 1 heterocycles. The van der Waals surface area contributed by atoms with Crippen LogP contribution in [0.2, 0.25) is 0 Å². The van der Waals surface area contributed by atoms with Crippen LogP contribution in [0.25, 0.3) is 0 Å². The van der Waals surface area contributed by atoms with Gasteiger partial charge in [-0.1, -0.05) is 30.3 Å². The molecule has 6 nitrogen and oxygen atoms in total. The van der Waals surface area contributed by atoms with Gasteiger partial charge in [0.15, 0.2) is 0 Å². The van der Waals surface area contributed by atoms with Gasteiger partial charge in [0, 0.05) is 32.1 Å². The molecule has 1 saturated heterocycles. The Morgan fingerprint density at radius 3 is 2.50 bits per heavy atom. The van der Waals surface area contributed by atoms with Crippen molar-refractivity contribution in [2.24, 2.45) is 11.8 Å². The molecule has 0 radical (unpaired) electrons. The number of nitrogens with zero attached hydrogens (tertiary/aromatic N) is 1. The van der Waals surface area contributed by atoms with Crippen LogP contribution in [-0.2, 0) is 16.1 Å². The molecule has 1 fully saturated rings. The molecule has 1 aromatic carbocycles. The van der Waals surface area contributed by atoms with Crippen LogP contribution in [0.15, 0.2) is 30.3 Å². The fourth-order valence-corrected chi connectivity index (χ4v) is 2.95. The lowest BCUT2D eigenvalue weighted by atomic mass is 9.96. The van der Waals surface area contributed by atoms with E-state index in [1.807, 2.05) is 30.3 Å². The number of rotatable bonds is 5. The van der Waals surface area contributed by atoms with Gasteiger partial charge in [-0.25, -0.2) is 4.79 Å². The van der Waals surface area contributed by atoms with Crippen LogP contribution >= 0.6 is 0 Å². The van der Waals surface area contributed by atoms with Crippen molar-refractivity contribution in [3.63, 3.8) is 0 Å². The molecule has 6 heteroatoms. The first-order valence-electron chi connectivity index (χ1n) is 8.20. The lowest BCUT2D eigenvalue weighted by Gasteiger charge is -2.21. The van der Waals surface area contributed by atoms with Crippen molar-refractivity contribution in [1.29, 1.82) is 0 Å². The van der Waals surface area contributed by atoms with Gasteiger partial charge >= 0.3 is 12.1 Å². The predicted molar refractivity (Wildman–Crippen MR) is 90.6 cm³/mol. The van der Waals surface area contributed by atoms with E-state index in [2.05, 4.69) is 10.2 Å². The first-order chi connectivity index (χ1) is 11.2. The van der Waals surface area contributed by atoms with Crippen molar-refractivity contribution in [3.8, 4) is 0 Å².